The minimum absolute atomic E-state index is 0.0715. The molecule has 6 nitrogen and oxygen atoms in total. The summed E-state index contributed by atoms with van der Waals surface area (Å²) in [5.74, 6) is -1.63. The van der Waals surface area contributed by atoms with Crippen molar-refractivity contribution in [1.29, 1.82) is 0 Å². The molecule has 80 valence electrons. The van der Waals surface area contributed by atoms with Gasteiger partial charge in [0.1, 0.15) is 0 Å². The molecule has 1 fully saturated rings. The molecule has 0 aromatic rings. The van der Waals surface area contributed by atoms with E-state index in [0.717, 1.165) is 0 Å². The van der Waals surface area contributed by atoms with Gasteiger partial charge in [-0.15, -0.1) is 0 Å². The molecule has 1 saturated heterocycles. The van der Waals surface area contributed by atoms with Crippen molar-refractivity contribution in [2.75, 3.05) is 0 Å². The lowest BCUT2D eigenvalue weighted by atomic mass is 10.1. The van der Waals surface area contributed by atoms with Crippen LogP contribution in [-0.2, 0) is 23.2 Å². The molecule has 0 radical (unpaired) electrons. The quantitative estimate of drug-likeness (QED) is 0.618. The summed E-state index contributed by atoms with van der Waals surface area (Å²) in [6.45, 7) is 0. The van der Waals surface area contributed by atoms with Crippen LogP contribution in [0.15, 0.2) is 0 Å². The van der Waals surface area contributed by atoms with Crippen molar-refractivity contribution >= 4 is 19.8 Å². The molecule has 0 spiro atoms. The Morgan fingerprint density at radius 3 is 1.86 bits per heavy atom. The maximum Gasteiger partial charge on any atom is 0.589 e. The van der Waals surface area contributed by atoms with Crippen molar-refractivity contribution in [1.82, 2.24) is 0 Å². The first-order valence-corrected chi connectivity index (χ1v) is 5.77. The van der Waals surface area contributed by atoms with Gasteiger partial charge in [-0.1, -0.05) is 6.42 Å². The van der Waals surface area contributed by atoms with Gasteiger partial charge in [0.25, 0.3) is 0 Å². The van der Waals surface area contributed by atoms with Crippen molar-refractivity contribution < 1.29 is 28.1 Å². The number of phosphoric acid groups is 1. The van der Waals surface area contributed by atoms with Crippen LogP contribution in [0.5, 0.6) is 0 Å². The predicted molar refractivity (Wildman–Crippen MR) is 45.1 cm³/mol. The number of hydrogen-bond acceptors (Lipinski definition) is 5. The van der Waals surface area contributed by atoms with Gasteiger partial charge in [-0.05, 0) is 12.8 Å². The highest BCUT2D eigenvalue weighted by Gasteiger charge is 2.30. The standard InChI is InChI=1S/C7H11O6P/c8-6-4-2-1-3-5-7(9)13-14(10,11)12-6/h1-5H2,(H,10,11). The lowest BCUT2D eigenvalue weighted by Gasteiger charge is -2.12. The molecule has 0 unspecified atom stereocenters. The Bertz CT molecular complexity index is 262. The van der Waals surface area contributed by atoms with E-state index in [2.05, 4.69) is 9.05 Å². The number of carbonyl (C=O) groups excluding carboxylic acids is 2. The third-order valence-electron chi connectivity index (χ3n) is 1.70. The van der Waals surface area contributed by atoms with Crippen LogP contribution in [0.3, 0.4) is 0 Å². The van der Waals surface area contributed by atoms with Gasteiger partial charge in [0.15, 0.2) is 0 Å². The summed E-state index contributed by atoms with van der Waals surface area (Å²) in [6, 6.07) is 0. The highest BCUT2D eigenvalue weighted by Crippen LogP contribution is 2.44. The molecule has 0 aromatic heterocycles. The van der Waals surface area contributed by atoms with E-state index in [-0.39, 0.29) is 12.8 Å². The molecule has 0 saturated carbocycles. The minimum atomic E-state index is -4.52. The van der Waals surface area contributed by atoms with Gasteiger partial charge in [0.2, 0.25) is 0 Å². The Balaban J connectivity index is 2.64. The van der Waals surface area contributed by atoms with Crippen molar-refractivity contribution in [2.24, 2.45) is 0 Å². The molecule has 0 amide bonds. The van der Waals surface area contributed by atoms with Crippen molar-refractivity contribution in [2.45, 2.75) is 32.1 Å². The Hall–Kier alpha value is -0.870. The molecule has 0 bridgehead atoms. The zero-order chi connectivity index (χ0) is 10.6. The summed E-state index contributed by atoms with van der Waals surface area (Å²) in [5, 5.41) is 0. The predicted octanol–water partition coefficient (Wildman–Crippen LogP) is 1.14. The third-order valence-corrected chi connectivity index (χ3v) is 2.56. The summed E-state index contributed by atoms with van der Waals surface area (Å²) in [6.07, 6.45) is 1.93. The van der Waals surface area contributed by atoms with Crippen molar-refractivity contribution in [3.8, 4) is 0 Å². The highest BCUT2D eigenvalue weighted by atomic mass is 31.2. The van der Waals surface area contributed by atoms with E-state index in [1.165, 1.54) is 0 Å². The van der Waals surface area contributed by atoms with Gasteiger partial charge >= 0.3 is 19.8 Å². The van der Waals surface area contributed by atoms with Gasteiger partial charge in [0, 0.05) is 12.8 Å². The second-order valence-corrected chi connectivity index (χ2v) is 4.26. The molecular formula is C7H11O6P. The second kappa shape index (κ2) is 4.57. The van der Waals surface area contributed by atoms with E-state index in [1.54, 1.807) is 0 Å². The van der Waals surface area contributed by atoms with Gasteiger partial charge in [-0.25, -0.2) is 4.57 Å². The lowest BCUT2D eigenvalue weighted by molar-refractivity contribution is -0.141. The first kappa shape index (κ1) is 11.2. The van der Waals surface area contributed by atoms with E-state index >= 15 is 0 Å². The molecule has 1 rings (SSSR count). The van der Waals surface area contributed by atoms with E-state index in [1.807, 2.05) is 0 Å². The normalized spacial score (nSPS) is 23.5. The fraction of sp³-hybridized carbons (Fsp3) is 0.714. The topological polar surface area (TPSA) is 89.9 Å². The maximum atomic E-state index is 11.0. The molecule has 0 aliphatic carbocycles. The second-order valence-electron chi connectivity index (χ2n) is 2.96. The molecule has 1 aliphatic heterocycles. The SMILES string of the molecule is O=C1CCCCCC(=O)OP(=O)(O)O1. The van der Waals surface area contributed by atoms with Crippen LogP contribution < -0.4 is 0 Å². The van der Waals surface area contributed by atoms with Crippen molar-refractivity contribution in [3.05, 3.63) is 0 Å². The maximum absolute atomic E-state index is 11.0. The molecular weight excluding hydrogens is 211 g/mol. The monoisotopic (exact) mass is 222 g/mol. The zero-order valence-electron chi connectivity index (χ0n) is 7.47. The Morgan fingerprint density at radius 1 is 1.00 bits per heavy atom. The summed E-state index contributed by atoms with van der Waals surface area (Å²) >= 11 is 0. The van der Waals surface area contributed by atoms with Gasteiger partial charge < -0.3 is 9.05 Å². The minimum Gasteiger partial charge on any atom is -0.361 e. The van der Waals surface area contributed by atoms with Gasteiger partial charge in [-0.3, -0.25) is 14.5 Å². The first-order chi connectivity index (χ1) is 6.49. The molecule has 1 N–H and O–H groups in total. The smallest absolute Gasteiger partial charge is 0.361 e. The number of hydrogen-bond donors (Lipinski definition) is 1. The molecule has 1 aliphatic rings. The van der Waals surface area contributed by atoms with Crippen molar-refractivity contribution in [3.63, 3.8) is 0 Å². The Kier molecular flexibility index (Phi) is 3.66. The molecule has 0 atom stereocenters. The largest absolute Gasteiger partial charge is 0.589 e. The van der Waals surface area contributed by atoms with Crippen LogP contribution in [0.1, 0.15) is 32.1 Å². The van der Waals surface area contributed by atoms with Gasteiger partial charge in [0.05, 0.1) is 0 Å². The van der Waals surface area contributed by atoms with E-state index in [9.17, 15) is 14.2 Å². The first-order valence-electron chi connectivity index (χ1n) is 4.27. The average Bonchev–Trinajstić information content (AvgIpc) is 2.00. The summed E-state index contributed by atoms with van der Waals surface area (Å²) < 4.78 is 19.2. The average molecular weight is 222 g/mol. The molecule has 0 aromatic carbocycles. The molecule has 1 heterocycles. The Morgan fingerprint density at radius 2 is 1.43 bits per heavy atom. The number of phosphoric ester groups is 1. The van der Waals surface area contributed by atoms with Crippen LogP contribution in [0.25, 0.3) is 0 Å². The van der Waals surface area contributed by atoms with Crippen LogP contribution in [0, 0.1) is 0 Å². The fourth-order valence-corrected chi connectivity index (χ4v) is 1.82. The lowest BCUT2D eigenvalue weighted by Crippen LogP contribution is -2.10. The van der Waals surface area contributed by atoms with Crippen LogP contribution in [0.2, 0.25) is 0 Å². The van der Waals surface area contributed by atoms with Crippen LogP contribution in [0.4, 0.5) is 0 Å². The third kappa shape index (κ3) is 3.89. The van der Waals surface area contributed by atoms with E-state index in [0.29, 0.717) is 19.3 Å². The van der Waals surface area contributed by atoms with E-state index in [4.69, 9.17) is 4.89 Å². The van der Waals surface area contributed by atoms with Crippen LogP contribution in [-0.4, -0.2) is 16.8 Å². The summed E-state index contributed by atoms with van der Waals surface area (Å²) in [7, 11) is -4.52. The van der Waals surface area contributed by atoms with Crippen LogP contribution >= 0.6 is 7.82 Å². The number of rotatable bonds is 0. The molecule has 14 heavy (non-hydrogen) atoms. The summed E-state index contributed by atoms with van der Waals surface area (Å²) in [4.78, 5) is 30.7. The summed E-state index contributed by atoms with van der Waals surface area (Å²) in [5.41, 5.74) is 0. The zero-order valence-corrected chi connectivity index (χ0v) is 8.37. The van der Waals surface area contributed by atoms with E-state index < -0.39 is 19.8 Å². The van der Waals surface area contributed by atoms with Gasteiger partial charge in [-0.2, -0.15) is 0 Å². The highest BCUT2D eigenvalue weighted by molar-refractivity contribution is 7.48. The Labute approximate surface area is 80.8 Å². The number of carbonyl (C=O) groups is 2. The molecule has 7 heteroatoms. The fourth-order valence-electron chi connectivity index (χ4n) is 1.08.